The maximum Gasteiger partial charge on any atom is 0.337 e. The first-order valence-corrected chi connectivity index (χ1v) is 11.6. The standard InChI is InChI=1S/C27H32N2O4/c1-5-21(28-22-9-7-6-8-18(22)26(31)32)19-14-17(2)15-20-23(30)16-24(33-25(19)20)29-12-10-27(3,4)11-13-29/h6-9,14-16,21,28H,5,10-13H2,1-4H3,(H,31,32). The van der Waals surface area contributed by atoms with Crippen molar-refractivity contribution < 1.29 is 14.3 Å². The zero-order chi connectivity index (χ0) is 23.8. The third kappa shape index (κ3) is 4.75. The Morgan fingerprint density at radius 3 is 2.55 bits per heavy atom. The molecule has 0 amide bonds. The quantitative estimate of drug-likeness (QED) is 0.482. The highest BCUT2D eigenvalue weighted by Crippen LogP contribution is 2.35. The molecule has 6 heteroatoms. The normalized spacial score (nSPS) is 16.5. The Labute approximate surface area is 194 Å². The average Bonchev–Trinajstić information content (AvgIpc) is 2.77. The number of hydrogen-bond acceptors (Lipinski definition) is 5. The van der Waals surface area contributed by atoms with Crippen molar-refractivity contribution in [3.05, 3.63) is 69.4 Å². The summed E-state index contributed by atoms with van der Waals surface area (Å²) < 4.78 is 6.40. The molecular weight excluding hydrogens is 416 g/mol. The van der Waals surface area contributed by atoms with E-state index in [2.05, 4.69) is 24.1 Å². The van der Waals surface area contributed by atoms with Crippen LogP contribution in [0.25, 0.3) is 11.0 Å². The van der Waals surface area contributed by atoms with Gasteiger partial charge in [-0.05, 0) is 55.4 Å². The van der Waals surface area contributed by atoms with Gasteiger partial charge < -0.3 is 19.7 Å². The van der Waals surface area contributed by atoms with Gasteiger partial charge in [0.25, 0.3) is 0 Å². The number of nitrogens with zero attached hydrogens (tertiary/aromatic N) is 1. The fourth-order valence-corrected chi connectivity index (χ4v) is 4.55. The van der Waals surface area contributed by atoms with E-state index in [1.54, 1.807) is 24.3 Å². The maximum absolute atomic E-state index is 13.1. The van der Waals surface area contributed by atoms with E-state index in [1.165, 1.54) is 0 Å². The Morgan fingerprint density at radius 2 is 1.88 bits per heavy atom. The number of carboxylic acids is 1. The van der Waals surface area contributed by atoms with Crippen molar-refractivity contribution in [2.24, 2.45) is 5.41 Å². The molecule has 0 saturated carbocycles. The number of aryl methyl sites for hydroxylation is 1. The fraction of sp³-hybridized carbons (Fsp3) is 0.407. The van der Waals surface area contributed by atoms with Gasteiger partial charge in [-0.2, -0.15) is 0 Å². The van der Waals surface area contributed by atoms with Crippen LogP contribution in [0.2, 0.25) is 0 Å². The highest BCUT2D eigenvalue weighted by atomic mass is 16.4. The molecule has 6 nitrogen and oxygen atoms in total. The first-order valence-electron chi connectivity index (χ1n) is 11.6. The fourth-order valence-electron chi connectivity index (χ4n) is 4.55. The molecule has 0 radical (unpaired) electrons. The summed E-state index contributed by atoms with van der Waals surface area (Å²) in [6.45, 7) is 10.2. The number of para-hydroxylation sites is 1. The molecule has 1 unspecified atom stereocenters. The van der Waals surface area contributed by atoms with Gasteiger partial charge in [-0.1, -0.05) is 39.0 Å². The summed E-state index contributed by atoms with van der Waals surface area (Å²) in [7, 11) is 0. The molecule has 1 aliphatic rings. The van der Waals surface area contributed by atoms with E-state index in [0.29, 0.717) is 34.4 Å². The number of anilines is 2. The molecule has 0 aliphatic carbocycles. The molecule has 2 N–H and O–H groups in total. The Bertz CT molecular complexity index is 1230. The monoisotopic (exact) mass is 448 g/mol. The van der Waals surface area contributed by atoms with Gasteiger partial charge in [0.15, 0.2) is 11.3 Å². The van der Waals surface area contributed by atoms with Crippen LogP contribution in [0.15, 0.2) is 51.7 Å². The molecule has 1 aromatic heterocycles. The highest BCUT2D eigenvalue weighted by molar-refractivity contribution is 5.94. The molecule has 2 heterocycles. The Morgan fingerprint density at radius 1 is 1.18 bits per heavy atom. The first kappa shape index (κ1) is 22.9. The number of nitrogens with one attached hydrogen (secondary N) is 1. The zero-order valence-electron chi connectivity index (χ0n) is 19.8. The number of aromatic carboxylic acids is 1. The minimum absolute atomic E-state index is 0.0539. The Balaban J connectivity index is 1.78. The molecule has 174 valence electrons. The van der Waals surface area contributed by atoms with E-state index in [-0.39, 0.29) is 17.0 Å². The van der Waals surface area contributed by atoms with E-state index < -0.39 is 5.97 Å². The van der Waals surface area contributed by atoms with Crippen molar-refractivity contribution in [1.29, 1.82) is 0 Å². The van der Waals surface area contributed by atoms with Crippen LogP contribution in [0.1, 0.15) is 67.6 Å². The molecule has 33 heavy (non-hydrogen) atoms. The number of rotatable bonds is 6. The van der Waals surface area contributed by atoms with Gasteiger partial charge in [0.1, 0.15) is 5.58 Å². The van der Waals surface area contributed by atoms with Gasteiger partial charge in [0.2, 0.25) is 0 Å². The van der Waals surface area contributed by atoms with Crippen LogP contribution in [-0.2, 0) is 0 Å². The summed E-state index contributed by atoms with van der Waals surface area (Å²) in [6, 6.07) is 12.2. The van der Waals surface area contributed by atoms with Gasteiger partial charge in [-0.25, -0.2) is 4.79 Å². The molecule has 1 aliphatic heterocycles. The molecule has 2 aromatic carbocycles. The molecule has 1 saturated heterocycles. The van der Waals surface area contributed by atoms with Crippen molar-refractivity contribution in [1.82, 2.24) is 0 Å². The number of hydrogen-bond donors (Lipinski definition) is 2. The van der Waals surface area contributed by atoms with E-state index in [0.717, 1.165) is 37.1 Å². The largest absolute Gasteiger partial charge is 0.478 e. The number of carboxylic acid groups (broad SMARTS) is 1. The summed E-state index contributed by atoms with van der Waals surface area (Å²) >= 11 is 0. The average molecular weight is 449 g/mol. The van der Waals surface area contributed by atoms with E-state index in [1.807, 2.05) is 32.0 Å². The van der Waals surface area contributed by atoms with Crippen LogP contribution in [0.4, 0.5) is 11.6 Å². The van der Waals surface area contributed by atoms with Gasteiger partial charge in [-0.3, -0.25) is 4.79 Å². The summed E-state index contributed by atoms with van der Waals surface area (Å²) in [4.78, 5) is 27.0. The zero-order valence-corrected chi connectivity index (χ0v) is 19.8. The lowest BCUT2D eigenvalue weighted by atomic mass is 9.83. The third-order valence-electron chi connectivity index (χ3n) is 6.69. The molecule has 0 bridgehead atoms. The predicted octanol–water partition coefficient (Wildman–Crippen LogP) is 5.99. The van der Waals surface area contributed by atoms with Crippen molar-refractivity contribution in [2.45, 2.75) is 53.0 Å². The second kappa shape index (κ2) is 8.93. The number of benzene rings is 2. The summed E-state index contributed by atoms with van der Waals surface area (Å²) in [5.74, 6) is -0.377. The first-order chi connectivity index (χ1) is 15.7. The van der Waals surface area contributed by atoms with E-state index in [9.17, 15) is 14.7 Å². The maximum atomic E-state index is 13.1. The number of piperidine rings is 1. The van der Waals surface area contributed by atoms with Crippen molar-refractivity contribution in [3.8, 4) is 0 Å². The molecule has 4 rings (SSSR count). The van der Waals surface area contributed by atoms with Gasteiger partial charge >= 0.3 is 5.97 Å². The number of fused-ring (bicyclic) bond motifs is 1. The van der Waals surface area contributed by atoms with Crippen LogP contribution in [0.5, 0.6) is 0 Å². The van der Waals surface area contributed by atoms with Crippen molar-refractivity contribution >= 4 is 28.5 Å². The Hall–Kier alpha value is -3.28. The molecule has 1 atom stereocenters. The lowest BCUT2D eigenvalue weighted by molar-refractivity contribution is 0.0698. The Kier molecular flexibility index (Phi) is 6.19. The van der Waals surface area contributed by atoms with Crippen LogP contribution in [0, 0.1) is 12.3 Å². The van der Waals surface area contributed by atoms with Gasteiger partial charge in [0.05, 0.1) is 17.0 Å². The van der Waals surface area contributed by atoms with E-state index in [4.69, 9.17) is 4.42 Å². The van der Waals surface area contributed by atoms with Crippen molar-refractivity contribution in [3.63, 3.8) is 0 Å². The van der Waals surface area contributed by atoms with Crippen LogP contribution >= 0.6 is 0 Å². The molecule has 1 fully saturated rings. The molecule has 3 aromatic rings. The second-order valence-electron chi connectivity index (χ2n) is 9.79. The summed E-state index contributed by atoms with van der Waals surface area (Å²) in [5, 5.41) is 13.5. The van der Waals surface area contributed by atoms with E-state index >= 15 is 0 Å². The summed E-state index contributed by atoms with van der Waals surface area (Å²) in [6.07, 6.45) is 2.78. The smallest absolute Gasteiger partial charge is 0.337 e. The van der Waals surface area contributed by atoms with Gasteiger partial charge in [-0.15, -0.1) is 0 Å². The van der Waals surface area contributed by atoms with Crippen LogP contribution < -0.4 is 15.6 Å². The minimum Gasteiger partial charge on any atom is -0.478 e. The van der Waals surface area contributed by atoms with Crippen LogP contribution in [-0.4, -0.2) is 24.2 Å². The summed E-state index contributed by atoms with van der Waals surface area (Å²) in [5.41, 5.74) is 3.40. The topological polar surface area (TPSA) is 82.8 Å². The van der Waals surface area contributed by atoms with Crippen LogP contribution in [0.3, 0.4) is 0 Å². The van der Waals surface area contributed by atoms with Gasteiger partial charge in [0, 0.05) is 30.4 Å². The minimum atomic E-state index is -0.983. The lowest BCUT2D eigenvalue weighted by Crippen LogP contribution is -2.37. The van der Waals surface area contributed by atoms with Crippen molar-refractivity contribution in [2.75, 3.05) is 23.3 Å². The third-order valence-corrected chi connectivity index (χ3v) is 6.69. The second-order valence-corrected chi connectivity index (χ2v) is 9.79. The highest BCUT2D eigenvalue weighted by Gasteiger charge is 2.27. The SMILES string of the molecule is CCC(Nc1ccccc1C(=O)O)c1cc(C)cc2c(=O)cc(N3CCC(C)(C)CC3)oc12. The number of carbonyl (C=O) groups is 1. The predicted molar refractivity (Wildman–Crippen MR) is 133 cm³/mol. The molecule has 0 spiro atoms. The lowest BCUT2D eigenvalue weighted by Gasteiger charge is -2.37. The molecular formula is C27H32N2O4.